The van der Waals surface area contributed by atoms with E-state index in [1.165, 1.54) is 103 Å². The molecule has 0 aromatic rings. The second-order valence-corrected chi connectivity index (χ2v) is 7.11. The Bertz CT molecular complexity index is 179. The summed E-state index contributed by atoms with van der Waals surface area (Å²) in [6.45, 7) is 17.1. The van der Waals surface area contributed by atoms with Crippen LogP contribution in [0.15, 0.2) is 0 Å². The summed E-state index contributed by atoms with van der Waals surface area (Å²) in [6.07, 6.45) is 21.0. The van der Waals surface area contributed by atoms with Gasteiger partial charge >= 0.3 is 5.97 Å². The lowest BCUT2D eigenvalue weighted by atomic mass is 10.2. The molecule has 0 heterocycles. The normalized spacial score (nSPS) is 9.04. The maximum atomic E-state index is 9.82. The number of rotatable bonds is 13. The van der Waals surface area contributed by atoms with E-state index in [9.17, 15) is 4.79 Å². The molecule has 0 spiro atoms. The molecule has 0 bridgehead atoms. The molecule has 0 fully saturated rings. The molecule has 0 rings (SSSR count). The Hall–Kier alpha value is -0.530. The van der Waals surface area contributed by atoms with E-state index >= 15 is 0 Å². The topological polar surface area (TPSA) is 26.3 Å². The number of hydrogen-bond donors (Lipinski definition) is 0. The largest absolute Gasteiger partial charge is 0.466 e. The van der Waals surface area contributed by atoms with Gasteiger partial charge in [-0.25, -0.2) is 0 Å². The molecule has 0 saturated carbocycles. The molecular formula is C25H56O2. The minimum absolute atomic E-state index is 0.211. The molecule has 0 atom stereocenters. The summed E-state index contributed by atoms with van der Waals surface area (Å²) in [5, 5.41) is 0. The lowest BCUT2D eigenvalue weighted by Crippen LogP contribution is -1.95. The van der Waals surface area contributed by atoms with Crippen molar-refractivity contribution in [1.82, 2.24) is 0 Å². The van der Waals surface area contributed by atoms with Crippen molar-refractivity contribution in [3.05, 3.63) is 0 Å². The summed E-state index contributed by atoms with van der Waals surface area (Å²) in [5.74, 6) is -0.211. The fourth-order valence-corrected chi connectivity index (χ4v) is 2.23. The molecular weight excluding hydrogens is 332 g/mol. The molecule has 2 heteroatoms. The van der Waals surface area contributed by atoms with Crippen LogP contribution in [0.4, 0.5) is 0 Å². The summed E-state index contributed by atoms with van der Waals surface area (Å²) in [6, 6.07) is 0. The van der Waals surface area contributed by atoms with E-state index in [0.717, 1.165) is 0 Å². The van der Waals surface area contributed by atoms with Crippen molar-refractivity contribution in [3.63, 3.8) is 0 Å². The predicted octanol–water partition coefficient (Wildman–Crippen LogP) is 9.50. The summed E-state index contributed by atoms with van der Waals surface area (Å²) in [7, 11) is 0. The Morgan fingerprint density at radius 2 is 0.704 bits per heavy atom. The highest BCUT2D eigenvalue weighted by atomic mass is 16.5. The Morgan fingerprint density at radius 3 is 0.778 bits per heavy atom. The molecule has 0 aromatic heterocycles. The molecule has 0 unspecified atom stereocenters. The van der Waals surface area contributed by atoms with Crippen LogP contribution in [-0.2, 0) is 9.53 Å². The minimum atomic E-state index is -0.211. The Kier molecular flexibility index (Phi) is 50.7. The quantitative estimate of drug-likeness (QED) is 0.232. The van der Waals surface area contributed by atoms with Crippen molar-refractivity contribution in [1.29, 1.82) is 0 Å². The van der Waals surface area contributed by atoms with Gasteiger partial charge < -0.3 is 4.74 Å². The number of esters is 1. The molecule has 0 N–H and O–H groups in total. The van der Waals surface area contributed by atoms with Crippen molar-refractivity contribution in [2.24, 2.45) is 0 Å². The van der Waals surface area contributed by atoms with E-state index < -0.39 is 0 Å². The third-order valence-corrected chi connectivity index (χ3v) is 3.97. The average Bonchev–Trinajstić information content (AvgIpc) is 2.65. The van der Waals surface area contributed by atoms with Crippen molar-refractivity contribution < 1.29 is 9.53 Å². The molecule has 0 aliphatic carbocycles. The zero-order chi connectivity index (χ0) is 21.6. The van der Waals surface area contributed by atoms with E-state index in [1.54, 1.807) is 6.92 Å². The first-order valence-corrected chi connectivity index (χ1v) is 12.1. The van der Waals surface area contributed by atoms with Crippen molar-refractivity contribution in [2.45, 2.75) is 152 Å². The van der Waals surface area contributed by atoms with Gasteiger partial charge in [0.1, 0.15) is 0 Å². The number of ether oxygens (including phenoxy) is 1. The SMILES string of the molecule is CCCCCCC.CCCCCCC.CCCCCCC.CCOC(C)=O. The molecule has 27 heavy (non-hydrogen) atoms. The van der Waals surface area contributed by atoms with Gasteiger partial charge in [0.25, 0.3) is 0 Å². The van der Waals surface area contributed by atoms with Crippen LogP contribution in [0.2, 0.25) is 0 Å². The van der Waals surface area contributed by atoms with Crippen LogP contribution in [0, 0.1) is 0 Å². The van der Waals surface area contributed by atoms with Crippen molar-refractivity contribution >= 4 is 5.97 Å². The van der Waals surface area contributed by atoms with E-state index in [0.29, 0.717) is 6.61 Å². The van der Waals surface area contributed by atoms with Crippen LogP contribution >= 0.6 is 0 Å². The van der Waals surface area contributed by atoms with E-state index in [-0.39, 0.29) is 5.97 Å². The van der Waals surface area contributed by atoms with Gasteiger partial charge in [0.05, 0.1) is 6.61 Å². The smallest absolute Gasteiger partial charge is 0.302 e. The molecule has 2 nitrogen and oxygen atoms in total. The fraction of sp³-hybridized carbons (Fsp3) is 0.960. The van der Waals surface area contributed by atoms with Crippen LogP contribution in [-0.4, -0.2) is 12.6 Å². The second kappa shape index (κ2) is 40.2. The van der Waals surface area contributed by atoms with Crippen LogP contribution in [0.25, 0.3) is 0 Å². The molecule has 0 saturated heterocycles. The number of carbonyl (C=O) groups is 1. The third-order valence-electron chi connectivity index (χ3n) is 3.97. The van der Waals surface area contributed by atoms with E-state index in [2.05, 4.69) is 46.3 Å². The lowest BCUT2D eigenvalue weighted by Gasteiger charge is -1.90. The summed E-state index contributed by atoms with van der Waals surface area (Å²) in [5.41, 5.74) is 0. The first kappa shape index (κ1) is 34.0. The number of unbranched alkanes of at least 4 members (excludes halogenated alkanes) is 12. The minimum Gasteiger partial charge on any atom is -0.466 e. The van der Waals surface area contributed by atoms with Crippen LogP contribution < -0.4 is 0 Å². The van der Waals surface area contributed by atoms with Crippen molar-refractivity contribution in [3.8, 4) is 0 Å². The Labute approximate surface area is 174 Å². The van der Waals surface area contributed by atoms with Crippen LogP contribution in [0.1, 0.15) is 152 Å². The molecule has 0 amide bonds. The number of hydrogen-bond acceptors (Lipinski definition) is 2. The van der Waals surface area contributed by atoms with Gasteiger partial charge in [-0.3, -0.25) is 4.79 Å². The maximum Gasteiger partial charge on any atom is 0.302 e. The van der Waals surface area contributed by atoms with Gasteiger partial charge in [0.15, 0.2) is 0 Å². The van der Waals surface area contributed by atoms with Gasteiger partial charge in [-0.2, -0.15) is 0 Å². The first-order chi connectivity index (χ1) is 13.0. The van der Waals surface area contributed by atoms with Gasteiger partial charge in [-0.05, 0) is 6.92 Å². The van der Waals surface area contributed by atoms with Crippen molar-refractivity contribution in [2.75, 3.05) is 6.61 Å². The monoisotopic (exact) mass is 388 g/mol. The average molecular weight is 389 g/mol. The molecule has 0 aliphatic heterocycles. The summed E-state index contributed by atoms with van der Waals surface area (Å²) < 4.78 is 4.40. The second-order valence-electron chi connectivity index (χ2n) is 7.11. The zero-order valence-electron chi connectivity index (χ0n) is 20.6. The van der Waals surface area contributed by atoms with E-state index in [1.807, 2.05) is 0 Å². The van der Waals surface area contributed by atoms with Gasteiger partial charge in [-0.1, -0.05) is 138 Å². The molecule has 0 aromatic carbocycles. The summed E-state index contributed by atoms with van der Waals surface area (Å²) in [4.78, 5) is 9.82. The Morgan fingerprint density at radius 1 is 0.481 bits per heavy atom. The lowest BCUT2D eigenvalue weighted by molar-refractivity contribution is -0.140. The fourth-order valence-electron chi connectivity index (χ4n) is 2.23. The Balaban J connectivity index is -0.000000131. The van der Waals surface area contributed by atoms with Gasteiger partial charge in [0.2, 0.25) is 0 Å². The van der Waals surface area contributed by atoms with Crippen LogP contribution in [0.3, 0.4) is 0 Å². The standard InChI is InChI=1S/3C7H16.C4H8O2/c3*1-3-5-7-6-4-2;1-3-6-4(2)5/h3*3-7H2,1-2H3;3H2,1-2H3. The first-order valence-electron chi connectivity index (χ1n) is 12.1. The molecule has 168 valence electrons. The molecule has 0 aliphatic rings. The van der Waals surface area contributed by atoms with Crippen LogP contribution in [0.5, 0.6) is 0 Å². The highest BCUT2D eigenvalue weighted by Gasteiger charge is 1.82. The summed E-state index contributed by atoms with van der Waals surface area (Å²) >= 11 is 0. The van der Waals surface area contributed by atoms with Gasteiger partial charge in [0, 0.05) is 6.92 Å². The molecule has 0 radical (unpaired) electrons. The highest BCUT2D eigenvalue weighted by Crippen LogP contribution is 2.01. The van der Waals surface area contributed by atoms with E-state index in [4.69, 9.17) is 0 Å². The maximum absolute atomic E-state index is 9.82. The predicted molar refractivity (Wildman–Crippen MR) is 126 cm³/mol. The number of carbonyl (C=O) groups excluding carboxylic acids is 1. The van der Waals surface area contributed by atoms with Gasteiger partial charge in [-0.15, -0.1) is 0 Å². The highest BCUT2D eigenvalue weighted by molar-refractivity contribution is 5.65. The zero-order valence-corrected chi connectivity index (χ0v) is 20.6. The third kappa shape index (κ3) is 67.0.